The van der Waals surface area contributed by atoms with Gasteiger partial charge in [-0.15, -0.1) is 10.2 Å². The zero-order chi connectivity index (χ0) is 14.7. The summed E-state index contributed by atoms with van der Waals surface area (Å²) in [6.07, 6.45) is 3.57. The van der Waals surface area contributed by atoms with Crippen molar-refractivity contribution < 1.29 is 9.21 Å². The van der Waals surface area contributed by atoms with Crippen LogP contribution in [0.4, 0.5) is 0 Å². The number of pyridine rings is 1. The molecule has 0 spiro atoms. The Morgan fingerprint density at radius 2 is 2.33 bits per heavy atom. The maximum atomic E-state index is 12.5. The molecule has 0 radical (unpaired) electrons. The molecule has 0 N–H and O–H groups in total. The molecule has 2 aromatic heterocycles. The Hall–Kier alpha value is -2.08. The van der Waals surface area contributed by atoms with Crippen molar-refractivity contribution in [2.45, 2.75) is 26.3 Å². The molecule has 21 heavy (non-hydrogen) atoms. The molecule has 6 heteroatoms. The van der Waals surface area contributed by atoms with E-state index in [1.54, 1.807) is 19.2 Å². The van der Waals surface area contributed by atoms with Crippen LogP contribution >= 0.6 is 0 Å². The third-order valence-corrected chi connectivity index (χ3v) is 3.72. The number of ketones is 1. The number of aryl methyl sites for hydroxylation is 1. The van der Waals surface area contributed by atoms with Crippen molar-refractivity contribution in [1.29, 1.82) is 0 Å². The first-order chi connectivity index (χ1) is 10.2. The van der Waals surface area contributed by atoms with E-state index in [9.17, 15) is 4.79 Å². The summed E-state index contributed by atoms with van der Waals surface area (Å²) in [6.45, 7) is 4.05. The first-order valence-corrected chi connectivity index (χ1v) is 7.19. The van der Waals surface area contributed by atoms with Crippen LogP contribution in [0.15, 0.2) is 28.8 Å². The number of Topliss-reactive ketones (excluding diaryl/α,β-unsaturated/α-hetero) is 1. The number of rotatable bonds is 4. The Labute approximate surface area is 123 Å². The average molecular weight is 286 g/mol. The van der Waals surface area contributed by atoms with Crippen LogP contribution < -0.4 is 0 Å². The molecule has 0 aromatic carbocycles. The fraction of sp³-hybridized carbons (Fsp3) is 0.467. The average Bonchev–Trinajstić information content (AvgIpc) is 2.93. The smallest absolute Gasteiger partial charge is 0.230 e. The van der Waals surface area contributed by atoms with Crippen molar-refractivity contribution in [3.63, 3.8) is 0 Å². The van der Waals surface area contributed by atoms with Gasteiger partial charge in [0.15, 0.2) is 5.78 Å². The molecule has 1 aliphatic rings. The van der Waals surface area contributed by atoms with Crippen LogP contribution in [0.25, 0.3) is 0 Å². The lowest BCUT2D eigenvalue weighted by Crippen LogP contribution is -2.38. The molecule has 3 rings (SSSR count). The normalized spacial score (nSPS) is 19.6. The van der Waals surface area contributed by atoms with E-state index in [-0.39, 0.29) is 11.7 Å². The number of piperidine rings is 1. The molecule has 6 nitrogen and oxygen atoms in total. The SMILES string of the molecule is Cc1nnc(CN2CCC[C@H](C(=O)c3ccccn3)C2)o1. The van der Waals surface area contributed by atoms with Gasteiger partial charge in [-0.05, 0) is 31.5 Å². The van der Waals surface area contributed by atoms with E-state index in [1.165, 1.54) is 0 Å². The lowest BCUT2D eigenvalue weighted by molar-refractivity contribution is 0.0794. The van der Waals surface area contributed by atoms with E-state index < -0.39 is 0 Å². The van der Waals surface area contributed by atoms with Gasteiger partial charge in [0.1, 0.15) is 5.69 Å². The Morgan fingerprint density at radius 1 is 1.43 bits per heavy atom. The largest absolute Gasteiger partial charge is 0.424 e. The summed E-state index contributed by atoms with van der Waals surface area (Å²) in [5.41, 5.74) is 0.554. The highest BCUT2D eigenvalue weighted by atomic mass is 16.4. The van der Waals surface area contributed by atoms with Crippen LogP contribution in [0.3, 0.4) is 0 Å². The predicted molar refractivity (Wildman–Crippen MR) is 75.6 cm³/mol. The van der Waals surface area contributed by atoms with Crippen molar-refractivity contribution in [3.8, 4) is 0 Å². The minimum absolute atomic E-state index is 0.00216. The van der Waals surface area contributed by atoms with Crippen LogP contribution in [0.1, 0.15) is 35.1 Å². The fourth-order valence-electron chi connectivity index (χ4n) is 2.72. The van der Waals surface area contributed by atoms with Gasteiger partial charge >= 0.3 is 0 Å². The molecule has 0 amide bonds. The van der Waals surface area contributed by atoms with Crippen LogP contribution in [0, 0.1) is 12.8 Å². The zero-order valence-electron chi connectivity index (χ0n) is 12.0. The summed E-state index contributed by atoms with van der Waals surface area (Å²) in [5, 5.41) is 7.85. The topological polar surface area (TPSA) is 72.1 Å². The predicted octanol–water partition coefficient (Wildman–Crippen LogP) is 1.87. The molecule has 0 unspecified atom stereocenters. The molecule has 1 atom stereocenters. The standard InChI is InChI=1S/C15H18N4O2/c1-11-17-18-14(21-11)10-19-8-4-5-12(9-19)15(20)13-6-2-3-7-16-13/h2-3,6-7,12H,4-5,8-10H2,1H3/t12-/m0/s1. The van der Waals surface area contributed by atoms with E-state index in [0.29, 0.717) is 24.0 Å². The number of likely N-dealkylation sites (tertiary alicyclic amines) is 1. The number of carbonyl (C=O) groups is 1. The lowest BCUT2D eigenvalue weighted by Gasteiger charge is -2.30. The monoisotopic (exact) mass is 286 g/mol. The first kappa shape index (κ1) is 13.9. The van der Waals surface area contributed by atoms with Gasteiger partial charge in [0.25, 0.3) is 0 Å². The van der Waals surface area contributed by atoms with Gasteiger partial charge in [-0.2, -0.15) is 0 Å². The van der Waals surface area contributed by atoms with Gasteiger partial charge in [0.05, 0.1) is 6.54 Å². The van der Waals surface area contributed by atoms with E-state index >= 15 is 0 Å². The fourth-order valence-corrected chi connectivity index (χ4v) is 2.72. The van der Waals surface area contributed by atoms with Gasteiger partial charge in [0.2, 0.25) is 11.8 Å². The van der Waals surface area contributed by atoms with Gasteiger partial charge in [-0.1, -0.05) is 6.07 Å². The molecule has 1 saturated heterocycles. The Bertz CT molecular complexity index is 611. The highest BCUT2D eigenvalue weighted by molar-refractivity contribution is 5.96. The second kappa shape index (κ2) is 6.13. The Morgan fingerprint density at radius 3 is 3.05 bits per heavy atom. The van der Waals surface area contributed by atoms with Crippen LogP contribution in [0.2, 0.25) is 0 Å². The minimum Gasteiger partial charge on any atom is -0.424 e. The summed E-state index contributed by atoms with van der Waals surface area (Å²) in [7, 11) is 0. The van der Waals surface area contributed by atoms with Crippen molar-refractivity contribution >= 4 is 5.78 Å². The van der Waals surface area contributed by atoms with Gasteiger partial charge < -0.3 is 4.42 Å². The Kier molecular flexibility index (Phi) is 4.06. The molecular formula is C15H18N4O2. The minimum atomic E-state index is -0.00216. The third-order valence-electron chi connectivity index (χ3n) is 3.72. The highest BCUT2D eigenvalue weighted by Gasteiger charge is 2.27. The summed E-state index contributed by atoms with van der Waals surface area (Å²) < 4.78 is 5.41. The van der Waals surface area contributed by atoms with Gasteiger partial charge in [0, 0.05) is 25.6 Å². The summed E-state index contributed by atoms with van der Waals surface area (Å²) >= 11 is 0. The quantitative estimate of drug-likeness (QED) is 0.799. The molecule has 110 valence electrons. The van der Waals surface area contributed by atoms with Crippen LogP contribution in [-0.2, 0) is 6.54 Å². The van der Waals surface area contributed by atoms with Crippen molar-refractivity contribution in [3.05, 3.63) is 41.9 Å². The third kappa shape index (κ3) is 3.33. The molecule has 3 heterocycles. The summed E-state index contributed by atoms with van der Waals surface area (Å²) in [6, 6.07) is 5.45. The number of carbonyl (C=O) groups excluding carboxylic acids is 1. The number of hydrogen-bond donors (Lipinski definition) is 0. The van der Waals surface area contributed by atoms with Crippen LogP contribution in [-0.4, -0.2) is 39.0 Å². The van der Waals surface area contributed by atoms with Crippen molar-refractivity contribution in [1.82, 2.24) is 20.1 Å². The molecule has 0 saturated carbocycles. The maximum Gasteiger partial charge on any atom is 0.230 e. The highest BCUT2D eigenvalue weighted by Crippen LogP contribution is 2.21. The number of aromatic nitrogens is 3. The van der Waals surface area contributed by atoms with E-state index in [2.05, 4.69) is 20.1 Å². The zero-order valence-corrected chi connectivity index (χ0v) is 12.0. The van der Waals surface area contributed by atoms with Crippen molar-refractivity contribution in [2.75, 3.05) is 13.1 Å². The number of hydrogen-bond acceptors (Lipinski definition) is 6. The van der Waals surface area contributed by atoms with Gasteiger partial charge in [-0.3, -0.25) is 14.7 Å². The maximum absolute atomic E-state index is 12.5. The lowest BCUT2D eigenvalue weighted by atomic mass is 9.92. The molecule has 1 aliphatic heterocycles. The molecule has 0 bridgehead atoms. The molecular weight excluding hydrogens is 268 g/mol. The van der Waals surface area contributed by atoms with E-state index in [0.717, 1.165) is 25.9 Å². The van der Waals surface area contributed by atoms with Crippen LogP contribution in [0.5, 0.6) is 0 Å². The van der Waals surface area contributed by atoms with E-state index in [4.69, 9.17) is 4.42 Å². The summed E-state index contributed by atoms with van der Waals surface area (Å²) in [5.74, 6) is 1.31. The second-order valence-corrected chi connectivity index (χ2v) is 5.37. The Balaban J connectivity index is 1.64. The van der Waals surface area contributed by atoms with Gasteiger partial charge in [-0.25, -0.2) is 0 Å². The number of nitrogens with zero attached hydrogens (tertiary/aromatic N) is 4. The second-order valence-electron chi connectivity index (χ2n) is 5.37. The first-order valence-electron chi connectivity index (χ1n) is 7.19. The van der Waals surface area contributed by atoms with Crippen molar-refractivity contribution in [2.24, 2.45) is 5.92 Å². The van der Waals surface area contributed by atoms with E-state index in [1.807, 2.05) is 12.1 Å². The summed E-state index contributed by atoms with van der Waals surface area (Å²) in [4.78, 5) is 18.8. The molecule has 0 aliphatic carbocycles. The molecule has 2 aromatic rings. The molecule has 1 fully saturated rings.